The van der Waals surface area contributed by atoms with E-state index in [2.05, 4.69) is 5.32 Å². The number of aliphatic carboxylic acids is 1. The van der Waals surface area contributed by atoms with Crippen molar-refractivity contribution in [3.63, 3.8) is 0 Å². The predicted octanol–water partition coefficient (Wildman–Crippen LogP) is 3.74. The van der Waals surface area contributed by atoms with Crippen LogP contribution in [0.4, 0.5) is 0 Å². The number of nitrogens with one attached hydrogen (secondary N) is 1. The molecule has 2 aromatic rings. The molecule has 0 radical (unpaired) electrons. The number of hydrogen-bond acceptors (Lipinski definition) is 3. The van der Waals surface area contributed by atoms with Crippen molar-refractivity contribution in [1.82, 2.24) is 5.32 Å². The molecule has 5 nitrogen and oxygen atoms in total. The molecule has 2 N–H and O–H groups in total. The van der Waals surface area contributed by atoms with Gasteiger partial charge in [-0.2, -0.15) is 0 Å². The minimum absolute atomic E-state index is 0.0195. The van der Waals surface area contributed by atoms with Crippen LogP contribution in [-0.4, -0.2) is 24.1 Å². The largest absolute Gasteiger partial charge is 0.497 e. The molecule has 2 aromatic carbocycles. The fourth-order valence-electron chi connectivity index (χ4n) is 2.79. The number of carboxylic acids is 1. The van der Waals surface area contributed by atoms with Crippen LogP contribution in [0.25, 0.3) is 0 Å². The van der Waals surface area contributed by atoms with Gasteiger partial charge in [-0.15, -0.1) is 0 Å². The van der Waals surface area contributed by atoms with Crippen molar-refractivity contribution < 1.29 is 19.4 Å². The fourth-order valence-corrected chi connectivity index (χ4v) is 2.79. The molecular formula is C21H25NO4. The van der Waals surface area contributed by atoms with E-state index in [9.17, 15) is 9.59 Å². The Labute approximate surface area is 154 Å². The Morgan fingerprint density at radius 2 is 1.73 bits per heavy atom. The van der Waals surface area contributed by atoms with Gasteiger partial charge in [0.25, 0.3) is 0 Å². The lowest BCUT2D eigenvalue weighted by atomic mass is 10.0. The van der Waals surface area contributed by atoms with Crippen molar-refractivity contribution in [1.29, 1.82) is 0 Å². The van der Waals surface area contributed by atoms with E-state index in [1.807, 2.05) is 54.6 Å². The van der Waals surface area contributed by atoms with Crippen molar-refractivity contribution in [2.24, 2.45) is 0 Å². The first kappa shape index (κ1) is 19.5. The van der Waals surface area contributed by atoms with Gasteiger partial charge in [-0.25, -0.2) is 0 Å². The van der Waals surface area contributed by atoms with Crippen LogP contribution in [0.15, 0.2) is 54.6 Å². The summed E-state index contributed by atoms with van der Waals surface area (Å²) in [5.41, 5.74) is 2.08. The minimum atomic E-state index is -0.861. The zero-order chi connectivity index (χ0) is 18.8. The molecular weight excluding hydrogens is 330 g/mol. The summed E-state index contributed by atoms with van der Waals surface area (Å²) in [7, 11) is 1.63. The molecule has 0 aliphatic rings. The lowest BCUT2D eigenvalue weighted by molar-refractivity contribution is -0.137. The van der Waals surface area contributed by atoms with Gasteiger partial charge in [0.1, 0.15) is 5.75 Å². The molecule has 5 heteroatoms. The van der Waals surface area contributed by atoms with Gasteiger partial charge in [-0.1, -0.05) is 42.5 Å². The SMILES string of the molecule is COc1ccc(CCCC(=O)NC(CCC(=O)O)c2ccccc2)cc1. The number of aryl methyl sites for hydroxylation is 1. The zero-order valence-electron chi connectivity index (χ0n) is 15.0. The maximum absolute atomic E-state index is 12.3. The summed E-state index contributed by atoms with van der Waals surface area (Å²) in [5.74, 6) is -0.104. The summed E-state index contributed by atoms with van der Waals surface area (Å²) < 4.78 is 5.13. The van der Waals surface area contributed by atoms with E-state index >= 15 is 0 Å². The number of carboxylic acid groups (broad SMARTS) is 1. The third kappa shape index (κ3) is 6.59. The van der Waals surface area contributed by atoms with Crippen molar-refractivity contribution in [2.75, 3.05) is 7.11 Å². The van der Waals surface area contributed by atoms with Crippen LogP contribution >= 0.6 is 0 Å². The molecule has 0 saturated heterocycles. The maximum atomic E-state index is 12.3. The number of methoxy groups -OCH3 is 1. The molecule has 0 heterocycles. The summed E-state index contributed by atoms with van der Waals surface area (Å²) in [6.45, 7) is 0. The van der Waals surface area contributed by atoms with E-state index in [1.54, 1.807) is 7.11 Å². The second-order valence-corrected chi connectivity index (χ2v) is 6.16. The molecule has 0 aliphatic carbocycles. The molecule has 1 unspecified atom stereocenters. The predicted molar refractivity (Wildman–Crippen MR) is 100 cm³/mol. The van der Waals surface area contributed by atoms with Gasteiger partial charge >= 0.3 is 5.97 Å². The van der Waals surface area contributed by atoms with E-state index in [-0.39, 0.29) is 18.4 Å². The average Bonchev–Trinajstić information content (AvgIpc) is 2.66. The molecule has 2 rings (SSSR count). The average molecular weight is 355 g/mol. The van der Waals surface area contributed by atoms with Crippen molar-refractivity contribution >= 4 is 11.9 Å². The van der Waals surface area contributed by atoms with Gasteiger partial charge in [0.2, 0.25) is 5.91 Å². The second kappa shape index (κ2) is 10.2. The van der Waals surface area contributed by atoms with Crippen molar-refractivity contribution in [3.05, 3.63) is 65.7 Å². The van der Waals surface area contributed by atoms with Crippen molar-refractivity contribution in [2.45, 2.75) is 38.1 Å². The molecule has 0 aliphatic heterocycles. The summed E-state index contributed by atoms with van der Waals surface area (Å²) in [6, 6.07) is 17.0. The van der Waals surface area contributed by atoms with Crippen LogP contribution in [0.5, 0.6) is 5.75 Å². The zero-order valence-corrected chi connectivity index (χ0v) is 15.0. The molecule has 0 bridgehead atoms. The smallest absolute Gasteiger partial charge is 0.303 e. The Morgan fingerprint density at radius 3 is 2.35 bits per heavy atom. The van der Waals surface area contributed by atoms with Crippen LogP contribution in [0.1, 0.15) is 42.9 Å². The molecule has 138 valence electrons. The number of amides is 1. The van der Waals surface area contributed by atoms with Crippen LogP contribution in [0.3, 0.4) is 0 Å². The quantitative estimate of drug-likeness (QED) is 0.681. The number of benzene rings is 2. The number of hydrogen-bond donors (Lipinski definition) is 2. The Bertz CT molecular complexity index is 698. The minimum Gasteiger partial charge on any atom is -0.497 e. The Hall–Kier alpha value is -2.82. The third-order valence-corrected chi connectivity index (χ3v) is 4.21. The lowest BCUT2D eigenvalue weighted by Crippen LogP contribution is -2.28. The first-order valence-corrected chi connectivity index (χ1v) is 8.77. The lowest BCUT2D eigenvalue weighted by Gasteiger charge is -2.18. The number of ether oxygens (including phenoxy) is 1. The topological polar surface area (TPSA) is 75.6 Å². The van der Waals surface area contributed by atoms with E-state index in [0.29, 0.717) is 12.8 Å². The van der Waals surface area contributed by atoms with E-state index in [4.69, 9.17) is 9.84 Å². The highest BCUT2D eigenvalue weighted by atomic mass is 16.5. The molecule has 26 heavy (non-hydrogen) atoms. The van der Waals surface area contributed by atoms with Gasteiger partial charge in [0.05, 0.1) is 13.2 Å². The number of rotatable bonds is 10. The van der Waals surface area contributed by atoms with Gasteiger partial charge in [0.15, 0.2) is 0 Å². The Kier molecular flexibility index (Phi) is 7.68. The highest BCUT2D eigenvalue weighted by Gasteiger charge is 2.15. The monoisotopic (exact) mass is 355 g/mol. The molecule has 0 fully saturated rings. The molecule has 1 amide bonds. The van der Waals surface area contributed by atoms with Crippen LogP contribution in [-0.2, 0) is 16.0 Å². The molecule has 0 saturated carbocycles. The third-order valence-electron chi connectivity index (χ3n) is 4.21. The van der Waals surface area contributed by atoms with Gasteiger partial charge in [-0.3, -0.25) is 9.59 Å². The Morgan fingerprint density at radius 1 is 1.04 bits per heavy atom. The summed E-state index contributed by atoms with van der Waals surface area (Å²) in [4.78, 5) is 23.2. The van der Waals surface area contributed by atoms with E-state index in [1.165, 1.54) is 0 Å². The van der Waals surface area contributed by atoms with Gasteiger partial charge in [0, 0.05) is 12.8 Å². The molecule has 0 spiro atoms. The van der Waals surface area contributed by atoms with Gasteiger partial charge < -0.3 is 15.2 Å². The number of carbonyl (C=O) groups excluding carboxylic acids is 1. The first-order valence-electron chi connectivity index (χ1n) is 8.77. The normalized spacial score (nSPS) is 11.6. The van der Waals surface area contributed by atoms with Crippen molar-refractivity contribution in [3.8, 4) is 5.75 Å². The highest BCUT2D eigenvalue weighted by Crippen LogP contribution is 2.19. The van der Waals surface area contributed by atoms with Crippen LogP contribution in [0, 0.1) is 0 Å². The van der Waals surface area contributed by atoms with E-state index < -0.39 is 5.97 Å². The number of carbonyl (C=O) groups is 2. The summed E-state index contributed by atoms with van der Waals surface area (Å²) >= 11 is 0. The summed E-state index contributed by atoms with van der Waals surface area (Å²) in [6.07, 6.45) is 2.35. The standard InChI is InChI=1S/C21H25NO4/c1-26-18-12-10-16(11-13-18)6-5-9-20(23)22-19(14-15-21(24)25)17-7-3-2-4-8-17/h2-4,7-8,10-13,19H,5-6,9,14-15H2,1H3,(H,22,23)(H,24,25). The maximum Gasteiger partial charge on any atom is 0.303 e. The molecule has 0 aromatic heterocycles. The Balaban J connectivity index is 1.84. The fraction of sp³-hybridized carbons (Fsp3) is 0.333. The highest BCUT2D eigenvalue weighted by molar-refractivity contribution is 5.76. The first-order chi connectivity index (χ1) is 12.6. The van der Waals surface area contributed by atoms with E-state index in [0.717, 1.165) is 29.7 Å². The van der Waals surface area contributed by atoms with Gasteiger partial charge in [-0.05, 0) is 42.5 Å². The second-order valence-electron chi connectivity index (χ2n) is 6.16. The van der Waals surface area contributed by atoms with Crippen LogP contribution in [0.2, 0.25) is 0 Å². The summed E-state index contributed by atoms with van der Waals surface area (Å²) in [5, 5.41) is 11.9. The van der Waals surface area contributed by atoms with Crippen LogP contribution < -0.4 is 10.1 Å². The molecule has 1 atom stereocenters.